The number of nitro groups is 1. The topological polar surface area (TPSA) is 185 Å². The molecule has 0 saturated carbocycles. The lowest BCUT2D eigenvalue weighted by atomic mass is 10.1. The number of nitrogens with zero attached hydrogens (tertiary/aromatic N) is 4. The van der Waals surface area contributed by atoms with Crippen LogP contribution in [0, 0.1) is 22.0 Å². The maximum Gasteiger partial charge on any atom is 0.362 e. The van der Waals surface area contributed by atoms with E-state index in [0.29, 0.717) is 51.9 Å². The third kappa shape index (κ3) is 12.4. The van der Waals surface area contributed by atoms with Gasteiger partial charge in [0, 0.05) is 34.4 Å². The first-order valence-corrected chi connectivity index (χ1v) is 30.0. The second-order valence-electron chi connectivity index (χ2n) is 20.6. The lowest BCUT2D eigenvalue weighted by Gasteiger charge is -2.21. The minimum absolute atomic E-state index is 0.0466. The second-order valence-corrected chi connectivity index (χ2v) is 25.0. The van der Waals surface area contributed by atoms with Crippen LogP contribution in [0.5, 0.6) is 17.2 Å². The molecular formula is C68H56N6O8P2. The van der Waals surface area contributed by atoms with Gasteiger partial charge in [0.25, 0.3) is 17.5 Å². The molecule has 0 spiro atoms. The normalized spacial score (nSPS) is 11.4. The van der Waals surface area contributed by atoms with E-state index in [4.69, 9.17) is 24.2 Å². The number of carbonyl (C=O) groups is 3. The molecule has 0 aliphatic heterocycles. The molecule has 0 aliphatic carbocycles. The summed E-state index contributed by atoms with van der Waals surface area (Å²) >= 11 is 0. The number of hydrogen-bond donors (Lipinski definition) is 2. The van der Waals surface area contributed by atoms with E-state index in [1.54, 1.807) is 72.8 Å². The van der Waals surface area contributed by atoms with E-state index >= 15 is 0 Å². The molecule has 416 valence electrons. The number of pyridine rings is 3. The highest BCUT2D eigenvalue weighted by atomic mass is 31.1. The van der Waals surface area contributed by atoms with Gasteiger partial charge in [-0.05, 0) is 102 Å². The zero-order valence-corrected chi connectivity index (χ0v) is 48.1. The Morgan fingerprint density at radius 1 is 0.464 bits per heavy atom. The number of benzene rings is 8. The number of amides is 2. The number of hydrogen-bond acceptors (Lipinski definition) is 11. The third-order valence-corrected chi connectivity index (χ3v) is 18.4. The molecule has 0 fully saturated rings. The fraction of sp³-hybridized carbons (Fsp3) is 0.118. The van der Waals surface area contributed by atoms with Gasteiger partial charge in [0.15, 0.2) is 5.69 Å². The first-order valence-electron chi connectivity index (χ1n) is 27.3. The van der Waals surface area contributed by atoms with Gasteiger partial charge >= 0.3 is 5.97 Å². The van der Waals surface area contributed by atoms with Crippen LogP contribution in [-0.4, -0.2) is 50.9 Å². The van der Waals surface area contributed by atoms with Gasteiger partial charge in [0.2, 0.25) is 0 Å². The van der Waals surface area contributed by atoms with Crippen molar-refractivity contribution in [3.63, 3.8) is 0 Å². The Morgan fingerprint density at radius 3 is 1.38 bits per heavy atom. The molecule has 16 heteroatoms. The van der Waals surface area contributed by atoms with E-state index in [1.165, 1.54) is 6.07 Å². The molecule has 2 amide bonds. The molecule has 0 unspecified atom stereocenters. The molecule has 14 nitrogen and oxygen atoms in total. The SMILES string of the molecule is CC(C)COc1cc(C(=O)Nc2cccc3c(OCC(C)C)cc(C(=O)Oc4cccc(P(c5ccccc5)c5ccccc5)c4)nc23)nc2c(NC(=O)c3cc(P(c4ccccc4)c4ccccc4)c4cccc([N+](=O)[O-])c4n3)cccc12. The van der Waals surface area contributed by atoms with Crippen LogP contribution < -0.4 is 56.7 Å². The quantitative estimate of drug-likeness (QED) is 0.0258. The average Bonchev–Trinajstić information content (AvgIpc) is 2.51. The molecule has 3 aromatic heterocycles. The van der Waals surface area contributed by atoms with E-state index in [9.17, 15) is 24.5 Å². The van der Waals surface area contributed by atoms with Crippen molar-refractivity contribution in [3.05, 3.63) is 246 Å². The Balaban J connectivity index is 0.947. The molecule has 0 bridgehead atoms. The van der Waals surface area contributed by atoms with Gasteiger partial charge in [-0.1, -0.05) is 185 Å². The van der Waals surface area contributed by atoms with E-state index < -0.39 is 38.6 Å². The van der Waals surface area contributed by atoms with E-state index in [-0.39, 0.29) is 62.5 Å². The van der Waals surface area contributed by atoms with Crippen molar-refractivity contribution in [2.24, 2.45) is 11.8 Å². The summed E-state index contributed by atoms with van der Waals surface area (Å²) in [5.74, 6) is -0.762. The number of anilines is 2. The summed E-state index contributed by atoms with van der Waals surface area (Å²) in [5.41, 5.74) is 0.628. The Labute approximate surface area is 487 Å². The van der Waals surface area contributed by atoms with Crippen molar-refractivity contribution in [2.75, 3.05) is 23.8 Å². The monoisotopic (exact) mass is 1150 g/mol. The number of aromatic nitrogens is 3. The number of carbonyl (C=O) groups excluding carboxylic acids is 3. The highest BCUT2D eigenvalue weighted by molar-refractivity contribution is 7.80. The zero-order chi connectivity index (χ0) is 58.3. The Bertz CT molecular complexity index is 4170. The average molecular weight is 1150 g/mol. The number of para-hydroxylation sites is 3. The van der Waals surface area contributed by atoms with Crippen molar-refractivity contribution >= 4 is 115 Å². The van der Waals surface area contributed by atoms with Crippen LogP contribution in [0.4, 0.5) is 17.1 Å². The maximum absolute atomic E-state index is 14.8. The third-order valence-electron chi connectivity index (χ3n) is 13.5. The number of nitrogens with one attached hydrogen (secondary N) is 2. The molecule has 11 aromatic rings. The molecule has 8 aromatic carbocycles. The summed E-state index contributed by atoms with van der Waals surface area (Å²) < 4.78 is 18.8. The predicted molar refractivity (Wildman–Crippen MR) is 337 cm³/mol. The number of fused-ring (bicyclic) bond motifs is 3. The first-order chi connectivity index (χ1) is 40.9. The standard InChI is InChI=1S/C68H56N6O8P2/c1-43(2)41-80-60-38-56(69-63-51(60)31-18-34-54(63)73-67(76)57-40-62(53-33-20-36-59(74(78)79)65(53)70-57)84(48-26-13-7-14-27-48)49-28-15-8-16-29-49)66(75)72-55-35-19-32-52-61(81-42-44(3)4)39-58(71-64(52)55)68(77)82-45-21-17-30-50(37-45)83(46-22-9-5-10-23-46)47-24-11-6-12-25-47/h5-40,43-44H,41-42H2,1-4H3,(H,72,75)(H,73,76). The maximum atomic E-state index is 14.8. The van der Waals surface area contributed by atoms with E-state index in [0.717, 1.165) is 26.5 Å². The van der Waals surface area contributed by atoms with Crippen LogP contribution >= 0.6 is 15.8 Å². The number of non-ortho nitro benzene ring substituents is 1. The van der Waals surface area contributed by atoms with Gasteiger partial charge < -0.3 is 24.8 Å². The summed E-state index contributed by atoms with van der Waals surface area (Å²) in [6.45, 7) is 8.66. The zero-order valence-electron chi connectivity index (χ0n) is 46.3. The van der Waals surface area contributed by atoms with Gasteiger partial charge in [-0.15, -0.1) is 0 Å². The van der Waals surface area contributed by atoms with Crippen molar-refractivity contribution in [1.82, 2.24) is 15.0 Å². The molecule has 84 heavy (non-hydrogen) atoms. The molecule has 0 atom stereocenters. The van der Waals surface area contributed by atoms with Gasteiger partial charge in [-0.25, -0.2) is 19.7 Å². The van der Waals surface area contributed by atoms with Crippen LogP contribution in [0.3, 0.4) is 0 Å². The molecule has 11 rings (SSSR count). The first kappa shape index (κ1) is 56.1. The fourth-order valence-electron chi connectivity index (χ4n) is 9.67. The number of ether oxygens (including phenoxy) is 3. The smallest absolute Gasteiger partial charge is 0.362 e. The minimum Gasteiger partial charge on any atom is -0.493 e. The van der Waals surface area contributed by atoms with Crippen molar-refractivity contribution in [2.45, 2.75) is 27.7 Å². The Kier molecular flexibility index (Phi) is 16.8. The lowest BCUT2D eigenvalue weighted by Crippen LogP contribution is -2.24. The Morgan fingerprint density at radius 2 is 0.881 bits per heavy atom. The molecule has 3 heterocycles. The van der Waals surface area contributed by atoms with E-state index in [1.807, 2.05) is 143 Å². The molecule has 2 N–H and O–H groups in total. The Hall–Kier alpha value is -9.74. The minimum atomic E-state index is -1.35. The fourth-order valence-corrected chi connectivity index (χ4v) is 14.5. The largest absolute Gasteiger partial charge is 0.493 e. The number of esters is 1. The molecular weight excluding hydrogens is 1090 g/mol. The van der Waals surface area contributed by atoms with Gasteiger partial charge in [-0.3, -0.25) is 19.7 Å². The van der Waals surface area contributed by atoms with Crippen molar-refractivity contribution in [3.8, 4) is 17.2 Å². The van der Waals surface area contributed by atoms with Gasteiger partial charge in [0.1, 0.15) is 34.2 Å². The molecule has 0 saturated heterocycles. The van der Waals surface area contributed by atoms with E-state index in [2.05, 4.69) is 39.9 Å². The number of nitro benzene ring substituents is 1. The highest BCUT2D eigenvalue weighted by Crippen LogP contribution is 2.39. The summed E-state index contributed by atoms with van der Waals surface area (Å²) in [6.07, 6.45) is 0. The number of rotatable bonds is 19. The molecule has 0 radical (unpaired) electrons. The van der Waals surface area contributed by atoms with Crippen LogP contribution in [0.2, 0.25) is 0 Å². The summed E-state index contributed by atoms with van der Waals surface area (Å²) in [4.78, 5) is 70.5. The van der Waals surface area contributed by atoms with Crippen LogP contribution in [-0.2, 0) is 0 Å². The molecule has 0 aliphatic rings. The summed E-state index contributed by atoms with van der Waals surface area (Å²) in [7, 11) is -2.35. The lowest BCUT2D eigenvalue weighted by molar-refractivity contribution is -0.383. The predicted octanol–water partition coefficient (Wildman–Crippen LogP) is 12.5. The van der Waals surface area contributed by atoms with Crippen molar-refractivity contribution in [1.29, 1.82) is 0 Å². The summed E-state index contributed by atoms with van der Waals surface area (Å²) in [6, 6.07) is 67.7. The second kappa shape index (κ2) is 25.2. The van der Waals surface area contributed by atoms with Crippen LogP contribution in [0.15, 0.2) is 218 Å². The van der Waals surface area contributed by atoms with Gasteiger partial charge in [0.05, 0.1) is 40.5 Å². The summed E-state index contributed by atoms with van der Waals surface area (Å²) in [5, 5.41) is 26.1. The van der Waals surface area contributed by atoms with Crippen molar-refractivity contribution < 1.29 is 33.5 Å². The van der Waals surface area contributed by atoms with Crippen LogP contribution in [0.1, 0.15) is 59.2 Å². The van der Waals surface area contributed by atoms with Gasteiger partial charge in [-0.2, -0.15) is 0 Å². The van der Waals surface area contributed by atoms with Crippen LogP contribution in [0.25, 0.3) is 32.7 Å². The highest BCUT2D eigenvalue weighted by Gasteiger charge is 2.27.